The average Bonchev–Trinajstić information content (AvgIpc) is 2.28. The zero-order valence-electron chi connectivity index (χ0n) is 9.67. The monoisotopic (exact) mass is 244 g/mol. The number of halogens is 2. The highest BCUT2D eigenvalue weighted by Gasteiger charge is 2.24. The number of hydrogen-bond acceptors (Lipinski definition) is 4. The zero-order chi connectivity index (χ0) is 13.0. The van der Waals surface area contributed by atoms with E-state index in [1.807, 2.05) is 0 Å². The predicted molar refractivity (Wildman–Crippen MR) is 57.8 cm³/mol. The van der Waals surface area contributed by atoms with Gasteiger partial charge in [0.25, 0.3) is 6.43 Å². The molecule has 0 bridgehead atoms. The van der Waals surface area contributed by atoms with Gasteiger partial charge in [0.05, 0.1) is 12.2 Å². The molecule has 4 nitrogen and oxygen atoms in total. The number of nitrogens with two attached hydrogens (primary N) is 1. The van der Waals surface area contributed by atoms with Gasteiger partial charge in [-0.25, -0.2) is 13.6 Å². The van der Waals surface area contributed by atoms with Gasteiger partial charge in [0.1, 0.15) is 5.69 Å². The Balaban J connectivity index is 3.34. The minimum Gasteiger partial charge on any atom is -0.462 e. The molecule has 0 atom stereocenters. The van der Waals surface area contributed by atoms with Crippen LogP contribution in [0.15, 0.2) is 6.20 Å². The molecule has 0 fully saturated rings. The summed E-state index contributed by atoms with van der Waals surface area (Å²) < 4.78 is 30.2. The number of hydrogen-bond donors (Lipinski definition) is 1. The average molecular weight is 244 g/mol. The van der Waals surface area contributed by atoms with Gasteiger partial charge in [0, 0.05) is 12.7 Å². The van der Waals surface area contributed by atoms with Crippen LogP contribution in [0.3, 0.4) is 0 Å². The molecule has 0 amide bonds. The Kier molecular flexibility index (Phi) is 4.51. The Hall–Kier alpha value is -1.56. The fourth-order valence-corrected chi connectivity index (χ4v) is 1.49. The van der Waals surface area contributed by atoms with Crippen LogP contribution in [0.25, 0.3) is 0 Å². The molecule has 0 saturated carbocycles. The van der Waals surface area contributed by atoms with Crippen molar-refractivity contribution in [3.63, 3.8) is 0 Å². The lowest BCUT2D eigenvalue weighted by Crippen LogP contribution is -2.15. The fourth-order valence-electron chi connectivity index (χ4n) is 1.49. The SMILES string of the molecule is CCOC(=O)c1c(C(F)F)ncc(CN)c1C. The molecule has 0 radical (unpaired) electrons. The van der Waals surface area contributed by atoms with Crippen LogP contribution in [-0.2, 0) is 11.3 Å². The highest BCUT2D eigenvalue weighted by molar-refractivity contribution is 5.92. The quantitative estimate of drug-likeness (QED) is 0.822. The maximum Gasteiger partial charge on any atom is 0.340 e. The maximum absolute atomic E-state index is 12.7. The third-order valence-electron chi connectivity index (χ3n) is 2.38. The van der Waals surface area contributed by atoms with Crippen molar-refractivity contribution >= 4 is 5.97 Å². The van der Waals surface area contributed by atoms with Gasteiger partial charge in [-0.3, -0.25) is 4.98 Å². The van der Waals surface area contributed by atoms with Gasteiger partial charge in [0.2, 0.25) is 0 Å². The van der Waals surface area contributed by atoms with Crippen molar-refractivity contribution < 1.29 is 18.3 Å². The number of carbonyl (C=O) groups excluding carboxylic acids is 1. The lowest BCUT2D eigenvalue weighted by Gasteiger charge is -2.13. The molecule has 0 unspecified atom stereocenters. The van der Waals surface area contributed by atoms with Gasteiger partial charge >= 0.3 is 5.97 Å². The Morgan fingerprint density at radius 1 is 1.59 bits per heavy atom. The first-order valence-electron chi connectivity index (χ1n) is 5.16. The highest BCUT2D eigenvalue weighted by atomic mass is 19.3. The van der Waals surface area contributed by atoms with Crippen molar-refractivity contribution in [3.8, 4) is 0 Å². The van der Waals surface area contributed by atoms with Crippen molar-refractivity contribution in [3.05, 3.63) is 28.6 Å². The van der Waals surface area contributed by atoms with Gasteiger partial charge in [-0.15, -0.1) is 0 Å². The molecule has 1 heterocycles. The largest absolute Gasteiger partial charge is 0.462 e. The molecule has 1 aromatic heterocycles. The Labute approximate surface area is 97.8 Å². The number of rotatable bonds is 4. The van der Waals surface area contributed by atoms with Crippen molar-refractivity contribution in [2.24, 2.45) is 5.73 Å². The van der Waals surface area contributed by atoms with Crippen LogP contribution in [0.2, 0.25) is 0 Å². The molecule has 0 saturated heterocycles. The summed E-state index contributed by atoms with van der Waals surface area (Å²) in [7, 11) is 0. The van der Waals surface area contributed by atoms with Crippen LogP contribution in [0.1, 0.15) is 40.5 Å². The lowest BCUT2D eigenvalue weighted by atomic mass is 10.0. The highest BCUT2D eigenvalue weighted by Crippen LogP contribution is 2.25. The fraction of sp³-hybridized carbons (Fsp3) is 0.455. The molecule has 2 N–H and O–H groups in total. The van der Waals surface area contributed by atoms with Gasteiger partial charge in [-0.05, 0) is 25.0 Å². The Morgan fingerprint density at radius 3 is 2.71 bits per heavy atom. The smallest absolute Gasteiger partial charge is 0.340 e. The van der Waals surface area contributed by atoms with E-state index in [9.17, 15) is 13.6 Å². The normalized spacial score (nSPS) is 10.7. The first-order chi connectivity index (χ1) is 8.02. The van der Waals surface area contributed by atoms with E-state index in [4.69, 9.17) is 10.5 Å². The molecular formula is C11H14F2N2O2. The van der Waals surface area contributed by atoms with Crippen LogP contribution in [0, 0.1) is 6.92 Å². The van der Waals surface area contributed by atoms with Gasteiger partial charge < -0.3 is 10.5 Å². The summed E-state index contributed by atoms with van der Waals surface area (Å²) in [6.07, 6.45) is -1.56. The molecular weight excluding hydrogens is 230 g/mol. The summed E-state index contributed by atoms with van der Waals surface area (Å²) in [5.41, 5.74) is 5.66. The van der Waals surface area contributed by atoms with E-state index >= 15 is 0 Å². The first kappa shape index (κ1) is 13.5. The number of pyridine rings is 1. The second-order valence-electron chi connectivity index (χ2n) is 3.39. The molecule has 6 heteroatoms. The zero-order valence-corrected chi connectivity index (χ0v) is 9.67. The molecule has 17 heavy (non-hydrogen) atoms. The molecule has 0 spiro atoms. The van der Waals surface area contributed by atoms with Crippen LogP contribution in [-0.4, -0.2) is 17.6 Å². The summed E-state index contributed by atoms with van der Waals surface area (Å²) in [4.78, 5) is 15.2. The van der Waals surface area contributed by atoms with Crippen molar-refractivity contribution in [2.75, 3.05) is 6.61 Å². The summed E-state index contributed by atoms with van der Waals surface area (Å²) in [6.45, 7) is 3.42. The van der Waals surface area contributed by atoms with Gasteiger partial charge in [0.15, 0.2) is 0 Å². The lowest BCUT2D eigenvalue weighted by molar-refractivity contribution is 0.0512. The predicted octanol–water partition coefficient (Wildman–Crippen LogP) is 1.96. The molecule has 94 valence electrons. The molecule has 1 rings (SSSR count). The summed E-state index contributed by atoms with van der Waals surface area (Å²) >= 11 is 0. The molecule has 0 aliphatic rings. The number of aromatic nitrogens is 1. The first-order valence-corrected chi connectivity index (χ1v) is 5.16. The van der Waals surface area contributed by atoms with Crippen molar-refractivity contribution in [1.29, 1.82) is 0 Å². The van der Waals surface area contributed by atoms with Gasteiger partial charge in [-0.2, -0.15) is 0 Å². The van der Waals surface area contributed by atoms with E-state index in [0.29, 0.717) is 11.1 Å². The van der Waals surface area contributed by atoms with E-state index in [2.05, 4.69) is 4.98 Å². The molecule has 0 aliphatic carbocycles. The van der Waals surface area contributed by atoms with Gasteiger partial charge in [-0.1, -0.05) is 0 Å². The molecule has 0 aliphatic heterocycles. The summed E-state index contributed by atoms with van der Waals surface area (Å²) in [6, 6.07) is 0. The third kappa shape index (κ3) is 2.76. The van der Waals surface area contributed by atoms with E-state index in [1.165, 1.54) is 6.20 Å². The summed E-state index contributed by atoms with van der Waals surface area (Å²) in [5.74, 6) is -0.789. The third-order valence-corrected chi connectivity index (χ3v) is 2.38. The number of alkyl halides is 2. The second-order valence-corrected chi connectivity index (χ2v) is 3.39. The van der Waals surface area contributed by atoms with Crippen LogP contribution >= 0.6 is 0 Å². The van der Waals surface area contributed by atoms with E-state index < -0.39 is 18.1 Å². The number of ether oxygens (including phenoxy) is 1. The van der Waals surface area contributed by atoms with E-state index in [1.54, 1.807) is 13.8 Å². The van der Waals surface area contributed by atoms with Crippen LogP contribution in [0.5, 0.6) is 0 Å². The number of carbonyl (C=O) groups is 1. The van der Waals surface area contributed by atoms with Crippen molar-refractivity contribution in [2.45, 2.75) is 26.8 Å². The van der Waals surface area contributed by atoms with E-state index in [0.717, 1.165) is 0 Å². The standard InChI is InChI=1S/C11H14F2N2O2/c1-3-17-11(16)8-6(2)7(4-14)5-15-9(8)10(12)13/h5,10H,3-4,14H2,1-2H3. The molecule has 1 aromatic rings. The van der Waals surface area contributed by atoms with Crippen molar-refractivity contribution in [1.82, 2.24) is 4.98 Å². The number of nitrogens with zero attached hydrogens (tertiary/aromatic N) is 1. The van der Waals surface area contributed by atoms with E-state index in [-0.39, 0.29) is 18.7 Å². The molecule has 0 aromatic carbocycles. The maximum atomic E-state index is 12.7. The minimum absolute atomic E-state index is 0.119. The Morgan fingerprint density at radius 2 is 2.24 bits per heavy atom. The Bertz CT molecular complexity index is 422. The van der Waals surface area contributed by atoms with Crippen LogP contribution < -0.4 is 5.73 Å². The number of esters is 1. The topological polar surface area (TPSA) is 65.2 Å². The summed E-state index contributed by atoms with van der Waals surface area (Å²) in [5, 5.41) is 0. The minimum atomic E-state index is -2.82. The van der Waals surface area contributed by atoms with Crippen LogP contribution in [0.4, 0.5) is 8.78 Å². The second kappa shape index (κ2) is 5.67.